The molecule has 1 N–H and O–H groups in total. The minimum atomic E-state index is 0.672. The van der Waals surface area contributed by atoms with Crippen LogP contribution in [0.25, 0.3) is 0 Å². The Kier molecular flexibility index (Phi) is 3.87. The van der Waals surface area contributed by atoms with Crippen molar-refractivity contribution in [3.63, 3.8) is 0 Å². The standard InChI is InChI=1S/C14H18BrNO2/c15-13-5-11-2-4-18-14(11)12(6-13)8-16-7-10-1-3-17-9-10/h5-6,10,16H,1-4,7-9H2. The number of benzene rings is 1. The topological polar surface area (TPSA) is 30.5 Å². The van der Waals surface area contributed by atoms with Crippen LogP contribution >= 0.6 is 15.9 Å². The fourth-order valence-electron chi connectivity index (χ4n) is 2.63. The molecule has 0 amide bonds. The first-order chi connectivity index (χ1) is 8.83. The Morgan fingerprint density at radius 3 is 3.11 bits per heavy atom. The van der Waals surface area contributed by atoms with Gasteiger partial charge in [0, 0.05) is 36.2 Å². The maximum absolute atomic E-state index is 5.72. The van der Waals surface area contributed by atoms with Crippen molar-refractivity contribution in [2.24, 2.45) is 5.92 Å². The molecule has 1 atom stereocenters. The third-order valence-corrected chi connectivity index (χ3v) is 4.06. The lowest BCUT2D eigenvalue weighted by Gasteiger charge is -2.12. The fourth-order valence-corrected chi connectivity index (χ4v) is 3.19. The van der Waals surface area contributed by atoms with E-state index in [1.54, 1.807) is 0 Å². The Morgan fingerprint density at radius 1 is 1.33 bits per heavy atom. The Bertz CT molecular complexity index is 430. The van der Waals surface area contributed by atoms with Crippen molar-refractivity contribution in [3.8, 4) is 5.75 Å². The Hall–Kier alpha value is -0.580. The van der Waals surface area contributed by atoms with E-state index in [4.69, 9.17) is 9.47 Å². The van der Waals surface area contributed by atoms with Gasteiger partial charge < -0.3 is 14.8 Å². The Balaban J connectivity index is 1.61. The van der Waals surface area contributed by atoms with Crippen LogP contribution in [0.1, 0.15) is 17.5 Å². The third-order valence-electron chi connectivity index (χ3n) is 3.60. The first-order valence-electron chi connectivity index (χ1n) is 6.55. The smallest absolute Gasteiger partial charge is 0.127 e. The second-order valence-electron chi connectivity index (χ2n) is 5.01. The number of hydrogen-bond donors (Lipinski definition) is 1. The van der Waals surface area contributed by atoms with E-state index in [1.165, 1.54) is 17.5 Å². The van der Waals surface area contributed by atoms with E-state index in [1.807, 2.05) is 0 Å². The lowest BCUT2D eigenvalue weighted by molar-refractivity contribution is 0.185. The van der Waals surface area contributed by atoms with Gasteiger partial charge >= 0.3 is 0 Å². The van der Waals surface area contributed by atoms with Gasteiger partial charge in [0.05, 0.1) is 13.2 Å². The highest BCUT2D eigenvalue weighted by molar-refractivity contribution is 9.10. The number of nitrogens with one attached hydrogen (secondary N) is 1. The lowest BCUT2D eigenvalue weighted by atomic mass is 10.1. The van der Waals surface area contributed by atoms with Gasteiger partial charge in [0.25, 0.3) is 0 Å². The zero-order valence-electron chi connectivity index (χ0n) is 10.4. The van der Waals surface area contributed by atoms with Crippen molar-refractivity contribution in [1.82, 2.24) is 5.32 Å². The van der Waals surface area contributed by atoms with E-state index >= 15 is 0 Å². The average molecular weight is 312 g/mol. The minimum absolute atomic E-state index is 0.672. The highest BCUT2D eigenvalue weighted by atomic mass is 79.9. The second kappa shape index (κ2) is 5.59. The Morgan fingerprint density at radius 2 is 2.28 bits per heavy atom. The summed E-state index contributed by atoms with van der Waals surface area (Å²) in [7, 11) is 0. The summed E-state index contributed by atoms with van der Waals surface area (Å²) in [4.78, 5) is 0. The van der Waals surface area contributed by atoms with Gasteiger partial charge in [0.1, 0.15) is 5.75 Å². The van der Waals surface area contributed by atoms with Crippen LogP contribution < -0.4 is 10.1 Å². The van der Waals surface area contributed by atoms with Crippen LogP contribution in [0.4, 0.5) is 0 Å². The molecule has 1 unspecified atom stereocenters. The molecule has 1 aromatic carbocycles. The summed E-state index contributed by atoms with van der Waals surface area (Å²) >= 11 is 3.57. The maximum Gasteiger partial charge on any atom is 0.127 e. The van der Waals surface area contributed by atoms with Gasteiger partial charge in [0.15, 0.2) is 0 Å². The Labute approximate surface area is 116 Å². The molecule has 3 nitrogen and oxygen atoms in total. The molecule has 0 radical (unpaired) electrons. The number of rotatable bonds is 4. The largest absolute Gasteiger partial charge is 0.493 e. The summed E-state index contributed by atoms with van der Waals surface area (Å²) in [6.45, 7) is 4.54. The predicted octanol–water partition coefficient (Wildman–Crippen LogP) is 2.51. The van der Waals surface area contributed by atoms with Gasteiger partial charge in [-0.2, -0.15) is 0 Å². The molecule has 0 spiro atoms. The van der Waals surface area contributed by atoms with Crippen LogP contribution in [0, 0.1) is 5.92 Å². The van der Waals surface area contributed by atoms with Crippen molar-refractivity contribution in [2.45, 2.75) is 19.4 Å². The molecule has 18 heavy (non-hydrogen) atoms. The van der Waals surface area contributed by atoms with Gasteiger partial charge in [-0.1, -0.05) is 15.9 Å². The molecule has 0 saturated carbocycles. The van der Waals surface area contributed by atoms with Crippen LogP contribution in [0.3, 0.4) is 0 Å². The summed E-state index contributed by atoms with van der Waals surface area (Å²) in [6, 6.07) is 4.32. The van der Waals surface area contributed by atoms with Crippen molar-refractivity contribution in [1.29, 1.82) is 0 Å². The molecule has 3 rings (SSSR count). The second-order valence-corrected chi connectivity index (χ2v) is 5.93. The van der Waals surface area contributed by atoms with Crippen LogP contribution in [-0.2, 0) is 17.7 Å². The predicted molar refractivity (Wildman–Crippen MR) is 74.0 cm³/mol. The monoisotopic (exact) mass is 311 g/mol. The quantitative estimate of drug-likeness (QED) is 0.927. The van der Waals surface area contributed by atoms with Crippen molar-refractivity contribution in [3.05, 3.63) is 27.7 Å². The highest BCUT2D eigenvalue weighted by Crippen LogP contribution is 2.32. The SMILES string of the molecule is Brc1cc2c(c(CNCC3CCOC3)c1)OCC2. The van der Waals surface area contributed by atoms with Crippen molar-refractivity contribution in [2.75, 3.05) is 26.4 Å². The molecule has 0 aliphatic carbocycles. The molecular weight excluding hydrogens is 294 g/mol. The van der Waals surface area contributed by atoms with Crippen LogP contribution in [0.15, 0.2) is 16.6 Å². The summed E-state index contributed by atoms with van der Waals surface area (Å²) in [5.74, 6) is 1.76. The number of fused-ring (bicyclic) bond motifs is 1. The van der Waals surface area contributed by atoms with Crippen molar-refractivity contribution >= 4 is 15.9 Å². The van der Waals surface area contributed by atoms with E-state index in [0.29, 0.717) is 5.92 Å². The summed E-state index contributed by atoms with van der Waals surface area (Å²) in [5, 5.41) is 3.52. The summed E-state index contributed by atoms with van der Waals surface area (Å²) in [5.41, 5.74) is 2.58. The van der Waals surface area contributed by atoms with Crippen LogP contribution in [0.5, 0.6) is 5.75 Å². The molecule has 2 aliphatic rings. The minimum Gasteiger partial charge on any atom is -0.493 e. The number of hydrogen-bond acceptors (Lipinski definition) is 3. The van der Waals surface area contributed by atoms with E-state index < -0.39 is 0 Å². The summed E-state index contributed by atoms with van der Waals surface area (Å²) in [6.07, 6.45) is 2.21. The number of halogens is 1. The van der Waals surface area contributed by atoms with Gasteiger partial charge in [-0.25, -0.2) is 0 Å². The highest BCUT2D eigenvalue weighted by Gasteiger charge is 2.18. The number of ether oxygens (including phenoxy) is 2. The molecule has 0 bridgehead atoms. The normalized spacial score (nSPS) is 21.9. The zero-order chi connectivity index (χ0) is 12.4. The molecule has 1 saturated heterocycles. The molecule has 2 aliphatic heterocycles. The van der Waals surface area contributed by atoms with Gasteiger partial charge in [-0.3, -0.25) is 0 Å². The van der Waals surface area contributed by atoms with E-state index in [9.17, 15) is 0 Å². The molecule has 0 aromatic heterocycles. The summed E-state index contributed by atoms with van der Waals surface area (Å²) < 4.78 is 12.2. The van der Waals surface area contributed by atoms with Crippen LogP contribution in [-0.4, -0.2) is 26.4 Å². The van der Waals surface area contributed by atoms with Crippen LogP contribution in [0.2, 0.25) is 0 Å². The van der Waals surface area contributed by atoms with E-state index in [-0.39, 0.29) is 0 Å². The lowest BCUT2D eigenvalue weighted by Crippen LogP contribution is -2.22. The molecule has 98 valence electrons. The molecule has 4 heteroatoms. The maximum atomic E-state index is 5.72. The molecule has 1 fully saturated rings. The first kappa shape index (κ1) is 12.5. The average Bonchev–Trinajstić information content (AvgIpc) is 2.98. The first-order valence-corrected chi connectivity index (χ1v) is 7.35. The molecular formula is C14H18BrNO2. The molecule has 2 heterocycles. The third kappa shape index (κ3) is 2.71. The molecule has 1 aromatic rings. The van der Waals surface area contributed by atoms with Crippen molar-refractivity contribution < 1.29 is 9.47 Å². The van der Waals surface area contributed by atoms with Gasteiger partial charge in [-0.15, -0.1) is 0 Å². The van der Waals surface area contributed by atoms with Gasteiger partial charge in [-0.05, 0) is 30.0 Å². The van der Waals surface area contributed by atoms with E-state index in [0.717, 1.165) is 49.6 Å². The van der Waals surface area contributed by atoms with Gasteiger partial charge in [0.2, 0.25) is 0 Å². The zero-order valence-corrected chi connectivity index (χ0v) is 12.0. The fraction of sp³-hybridized carbons (Fsp3) is 0.571. The van der Waals surface area contributed by atoms with E-state index in [2.05, 4.69) is 33.4 Å².